The normalized spacial score (nSPS) is 15.8. The van der Waals surface area contributed by atoms with Crippen molar-refractivity contribution in [2.45, 2.75) is 13.5 Å². The van der Waals surface area contributed by atoms with Gasteiger partial charge in [0.1, 0.15) is 0 Å². The molecule has 2 heterocycles. The Labute approximate surface area is 134 Å². The highest BCUT2D eigenvalue weighted by atomic mass is 32.1. The molecule has 1 aliphatic heterocycles. The summed E-state index contributed by atoms with van der Waals surface area (Å²) in [7, 11) is 0. The lowest BCUT2D eigenvalue weighted by Crippen LogP contribution is -2.45. The van der Waals surface area contributed by atoms with E-state index in [1.807, 2.05) is 6.20 Å². The van der Waals surface area contributed by atoms with E-state index in [1.54, 1.807) is 11.3 Å². The standard InChI is InChI=1S/C16H20N4OS/c1-13(21)18-16-17-11-15(22-16)12-19-7-9-20(10-8-19)14-5-3-2-4-6-14/h2-6,11H,7-10,12H2,1H3,(H,17,18,21). The molecule has 3 rings (SSSR count). The summed E-state index contributed by atoms with van der Waals surface area (Å²) in [5, 5.41) is 3.42. The molecule has 1 aromatic carbocycles. The molecule has 1 aliphatic rings. The highest BCUT2D eigenvalue weighted by Gasteiger charge is 2.18. The summed E-state index contributed by atoms with van der Waals surface area (Å²) in [6.07, 6.45) is 1.86. The van der Waals surface area contributed by atoms with Crippen LogP contribution >= 0.6 is 11.3 Å². The van der Waals surface area contributed by atoms with Crippen LogP contribution in [0.5, 0.6) is 0 Å². The molecule has 0 spiro atoms. The van der Waals surface area contributed by atoms with Crippen molar-refractivity contribution in [3.8, 4) is 0 Å². The lowest BCUT2D eigenvalue weighted by atomic mass is 10.2. The number of hydrogen-bond donors (Lipinski definition) is 1. The zero-order valence-corrected chi connectivity index (χ0v) is 13.5. The molecule has 1 saturated heterocycles. The van der Waals surface area contributed by atoms with Crippen molar-refractivity contribution >= 4 is 28.1 Å². The Balaban J connectivity index is 1.51. The molecule has 0 saturated carbocycles. The van der Waals surface area contributed by atoms with Gasteiger partial charge in [-0.2, -0.15) is 0 Å². The maximum Gasteiger partial charge on any atom is 0.223 e. The number of carbonyl (C=O) groups excluding carboxylic acids is 1. The first-order chi connectivity index (χ1) is 10.7. The number of rotatable bonds is 4. The van der Waals surface area contributed by atoms with Crippen LogP contribution < -0.4 is 10.2 Å². The van der Waals surface area contributed by atoms with Crippen LogP contribution in [-0.4, -0.2) is 42.0 Å². The van der Waals surface area contributed by atoms with Crippen LogP contribution in [0.15, 0.2) is 36.5 Å². The van der Waals surface area contributed by atoms with Gasteiger partial charge in [-0.05, 0) is 12.1 Å². The van der Waals surface area contributed by atoms with E-state index in [1.165, 1.54) is 17.5 Å². The van der Waals surface area contributed by atoms with Crippen LogP contribution in [-0.2, 0) is 11.3 Å². The largest absolute Gasteiger partial charge is 0.369 e. The molecular formula is C16H20N4OS. The minimum Gasteiger partial charge on any atom is -0.369 e. The molecule has 1 aromatic heterocycles. The van der Waals surface area contributed by atoms with Gasteiger partial charge >= 0.3 is 0 Å². The summed E-state index contributed by atoms with van der Waals surface area (Å²) in [4.78, 5) is 21.3. The molecule has 0 aliphatic carbocycles. The van der Waals surface area contributed by atoms with Crippen LogP contribution in [0.1, 0.15) is 11.8 Å². The number of anilines is 2. The zero-order valence-electron chi connectivity index (χ0n) is 12.7. The molecule has 5 nitrogen and oxygen atoms in total. The minimum atomic E-state index is -0.0719. The predicted octanol–water partition coefficient (Wildman–Crippen LogP) is 2.42. The molecule has 116 valence electrons. The molecule has 1 amide bonds. The quantitative estimate of drug-likeness (QED) is 0.941. The number of nitrogens with one attached hydrogen (secondary N) is 1. The van der Waals surface area contributed by atoms with Crippen molar-refractivity contribution < 1.29 is 4.79 Å². The van der Waals surface area contributed by atoms with Gasteiger partial charge in [-0.15, -0.1) is 11.3 Å². The molecule has 1 fully saturated rings. The lowest BCUT2D eigenvalue weighted by Gasteiger charge is -2.35. The second-order valence-corrected chi connectivity index (χ2v) is 6.53. The number of nitrogens with zero attached hydrogens (tertiary/aromatic N) is 3. The SMILES string of the molecule is CC(=O)Nc1ncc(CN2CCN(c3ccccc3)CC2)s1. The topological polar surface area (TPSA) is 48.5 Å². The lowest BCUT2D eigenvalue weighted by molar-refractivity contribution is -0.114. The third-order valence-electron chi connectivity index (χ3n) is 3.71. The van der Waals surface area contributed by atoms with Crippen LogP contribution in [0.25, 0.3) is 0 Å². The maximum absolute atomic E-state index is 11.0. The van der Waals surface area contributed by atoms with E-state index in [0.717, 1.165) is 32.7 Å². The number of amides is 1. The smallest absolute Gasteiger partial charge is 0.223 e. The first kappa shape index (κ1) is 15.0. The number of aromatic nitrogens is 1. The van der Waals surface area contributed by atoms with Crippen LogP contribution in [0.3, 0.4) is 0 Å². The molecule has 22 heavy (non-hydrogen) atoms. The van der Waals surface area contributed by atoms with Gasteiger partial charge in [-0.1, -0.05) is 18.2 Å². The van der Waals surface area contributed by atoms with Crippen molar-refractivity contribution in [1.82, 2.24) is 9.88 Å². The average Bonchev–Trinajstić information content (AvgIpc) is 2.95. The van der Waals surface area contributed by atoms with E-state index >= 15 is 0 Å². The fraction of sp³-hybridized carbons (Fsp3) is 0.375. The number of para-hydroxylation sites is 1. The highest BCUT2D eigenvalue weighted by Crippen LogP contribution is 2.21. The van der Waals surface area contributed by atoms with E-state index in [-0.39, 0.29) is 5.91 Å². The summed E-state index contributed by atoms with van der Waals surface area (Å²) in [6.45, 7) is 6.58. The van der Waals surface area contributed by atoms with Crippen LogP contribution in [0.2, 0.25) is 0 Å². The van der Waals surface area contributed by atoms with Gasteiger partial charge in [0, 0.05) is 56.4 Å². The summed E-state index contributed by atoms with van der Waals surface area (Å²) < 4.78 is 0. The van der Waals surface area contributed by atoms with Crippen molar-refractivity contribution in [2.75, 3.05) is 36.4 Å². The van der Waals surface area contributed by atoms with E-state index in [0.29, 0.717) is 5.13 Å². The zero-order chi connectivity index (χ0) is 15.4. The summed E-state index contributed by atoms with van der Waals surface area (Å²) >= 11 is 1.55. The second-order valence-electron chi connectivity index (χ2n) is 5.41. The molecule has 0 atom stereocenters. The third-order valence-corrected chi connectivity index (χ3v) is 4.61. The number of carbonyl (C=O) groups is 1. The Kier molecular flexibility index (Phi) is 4.70. The minimum absolute atomic E-state index is 0.0719. The average molecular weight is 316 g/mol. The predicted molar refractivity (Wildman–Crippen MR) is 90.3 cm³/mol. The highest BCUT2D eigenvalue weighted by molar-refractivity contribution is 7.15. The first-order valence-corrected chi connectivity index (χ1v) is 8.27. The molecule has 1 N–H and O–H groups in total. The Morgan fingerprint density at radius 2 is 1.95 bits per heavy atom. The van der Waals surface area contributed by atoms with Gasteiger partial charge < -0.3 is 10.2 Å². The van der Waals surface area contributed by atoms with Crippen molar-refractivity contribution in [1.29, 1.82) is 0 Å². The molecule has 0 bridgehead atoms. The molecule has 0 unspecified atom stereocenters. The van der Waals surface area contributed by atoms with Gasteiger partial charge in [0.25, 0.3) is 0 Å². The van der Waals surface area contributed by atoms with E-state index in [4.69, 9.17) is 0 Å². The summed E-state index contributed by atoms with van der Waals surface area (Å²) in [5.41, 5.74) is 1.30. The monoisotopic (exact) mass is 316 g/mol. The number of thiazole rings is 1. The second kappa shape index (κ2) is 6.89. The molecule has 2 aromatic rings. The molecular weight excluding hydrogens is 296 g/mol. The summed E-state index contributed by atoms with van der Waals surface area (Å²) in [6, 6.07) is 10.6. The van der Waals surface area contributed by atoms with Crippen molar-refractivity contribution in [3.63, 3.8) is 0 Å². The number of hydrogen-bond acceptors (Lipinski definition) is 5. The van der Waals surface area contributed by atoms with Gasteiger partial charge in [-0.25, -0.2) is 4.98 Å². The van der Waals surface area contributed by atoms with Gasteiger partial charge in [0.15, 0.2) is 5.13 Å². The fourth-order valence-electron chi connectivity index (χ4n) is 2.61. The van der Waals surface area contributed by atoms with Gasteiger partial charge in [0.05, 0.1) is 0 Å². The fourth-order valence-corrected chi connectivity index (χ4v) is 3.51. The Morgan fingerprint density at radius 1 is 1.23 bits per heavy atom. The number of benzene rings is 1. The Hall–Kier alpha value is -1.92. The first-order valence-electron chi connectivity index (χ1n) is 7.45. The van der Waals surface area contributed by atoms with E-state index in [2.05, 4.69) is 50.4 Å². The van der Waals surface area contributed by atoms with Gasteiger partial charge in [0.2, 0.25) is 5.91 Å². The molecule has 6 heteroatoms. The van der Waals surface area contributed by atoms with Crippen LogP contribution in [0.4, 0.5) is 10.8 Å². The summed E-state index contributed by atoms with van der Waals surface area (Å²) in [5.74, 6) is -0.0719. The maximum atomic E-state index is 11.0. The Morgan fingerprint density at radius 3 is 2.64 bits per heavy atom. The van der Waals surface area contributed by atoms with Gasteiger partial charge in [-0.3, -0.25) is 9.69 Å². The Bertz CT molecular complexity index is 620. The number of piperazine rings is 1. The third kappa shape index (κ3) is 3.84. The molecule has 0 radical (unpaired) electrons. The van der Waals surface area contributed by atoms with E-state index in [9.17, 15) is 4.79 Å². The van der Waals surface area contributed by atoms with Crippen molar-refractivity contribution in [2.24, 2.45) is 0 Å². The van der Waals surface area contributed by atoms with Crippen molar-refractivity contribution in [3.05, 3.63) is 41.4 Å². The van der Waals surface area contributed by atoms with E-state index < -0.39 is 0 Å². The van der Waals surface area contributed by atoms with Crippen LogP contribution in [0, 0.1) is 0 Å².